The SMILES string of the molecule is C/C(=N/NC(=O)c1ccc(O)cc1)c1ccc(F)cc1. The molecule has 2 N–H and O–H groups in total. The molecule has 1 amide bonds. The zero-order valence-corrected chi connectivity index (χ0v) is 10.8. The molecule has 0 bridgehead atoms. The molecule has 0 radical (unpaired) electrons. The fourth-order valence-electron chi connectivity index (χ4n) is 1.57. The van der Waals surface area contributed by atoms with Crippen molar-refractivity contribution in [2.75, 3.05) is 0 Å². The first-order valence-electron chi connectivity index (χ1n) is 5.96. The smallest absolute Gasteiger partial charge is 0.271 e. The number of carbonyl (C=O) groups is 1. The first-order chi connectivity index (χ1) is 9.56. The van der Waals surface area contributed by atoms with Crippen LogP contribution in [0.2, 0.25) is 0 Å². The van der Waals surface area contributed by atoms with E-state index in [1.807, 2.05) is 0 Å². The molecule has 0 unspecified atom stereocenters. The number of hydrogen-bond donors (Lipinski definition) is 2. The van der Waals surface area contributed by atoms with Gasteiger partial charge in [-0.15, -0.1) is 0 Å². The third kappa shape index (κ3) is 3.41. The molecule has 0 atom stereocenters. The minimum atomic E-state index is -0.383. The second kappa shape index (κ2) is 5.97. The summed E-state index contributed by atoms with van der Waals surface area (Å²) in [5.74, 6) is -0.617. The third-order valence-electron chi connectivity index (χ3n) is 2.72. The van der Waals surface area contributed by atoms with E-state index in [0.29, 0.717) is 11.3 Å². The van der Waals surface area contributed by atoms with Crippen molar-refractivity contribution in [3.63, 3.8) is 0 Å². The average molecular weight is 272 g/mol. The second-order valence-corrected chi connectivity index (χ2v) is 4.19. The molecule has 0 heterocycles. The summed E-state index contributed by atoms with van der Waals surface area (Å²) in [4.78, 5) is 11.8. The van der Waals surface area contributed by atoms with Crippen LogP contribution in [0.5, 0.6) is 5.75 Å². The van der Waals surface area contributed by atoms with Crippen LogP contribution in [0.1, 0.15) is 22.8 Å². The summed E-state index contributed by atoms with van der Waals surface area (Å²) in [6.45, 7) is 1.71. The number of amides is 1. The van der Waals surface area contributed by atoms with Crippen LogP contribution in [-0.4, -0.2) is 16.7 Å². The number of rotatable bonds is 3. The molecular formula is C15H13FN2O2. The Morgan fingerprint density at radius 1 is 1.05 bits per heavy atom. The predicted octanol–water partition coefficient (Wildman–Crippen LogP) is 2.69. The fourth-order valence-corrected chi connectivity index (χ4v) is 1.57. The van der Waals surface area contributed by atoms with Crippen molar-refractivity contribution in [1.29, 1.82) is 0 Å². The van der Waals surface area contributed by atoms with Gasteiger partial charge in [0.25, 0.3) is 5.91 Å². The molecule has 0 aliphatic carbocycles. The highest BCUT2D eigenvalue weighted by Crippen LogP contribution is 2.09. The number of nitrogens with zero attached hydrogens (tertiary/aromatic N) is 1. The highest BCUT2D eigenvalue weighted by atomic mass is 19.1. The Labute approximate surface area is 115 Å². The average Bonchev–Trinajstić information content (AvgIpc) is 2.46. The molecule has 5 heteroatoms. The van der Waals surface area contributed by atoms with Gasteiger partial charge >= 0.3 is 0 Å². The fraction of sp³-hybridized carbons (Fsp3) is 0.0667. The van der Waals surface area contributed by atoms with Crippen molar-refractivity contribution in [2.24, 2.45) is 5.10 Å². The minimum absolute atomic E-state index is 0.0903. The lowest BCUT2D eigenvalue weighted by Crippen LogP contribution is -2.19. The molecule has 4 nitrogen and oxygen atoms in total. The Morgan fingerprint density at radius 3 is 2.20 bits per heavy atom. The molecule has 2 rings (SSSR count). The van der Waals surface area contributed by atoms with E-state index in [2.05, 4.69) is 10.5 Å². The van der Waals surface area contributed by atoms with E-state index in [1.54, 1.807) is 19.1 Å². The lowest BCUT2D eigenvalue weighted by molar-refractivity contribution is 0.0955. The summed E-state index contributed by atoms with van der Waals surface area (Å²) < 4.78 is 12.8. The molecule has 0 aromatic heterocycles. The number of aromatic hydroxyl groups is 1. The van der Waals surface area contributed by atoms with Crippen molar-refractivity contribution in [1.82, 2.24) is 5.43 Å². The highest BCUT2D eigenvalue weighted by molar-refractivity contribution is 6.00. The van der Waals surface area contributed by atoms with Crippen molar-refractivity contribution >= 4 is 11.6 Å². The standard InChI is InChI=1S/C15H13FN2O2/c1-10(11-2-6-13(16)7-3-11)17-18-15(20)12-4-8-14(19)9-5-12/h2-9,19H,1H3,(H,18,20)/b17-10-. The van der Waals surface area contributed by atoms with E-state index >= 15 is 0 Å². The van der Waals surface area contributed by atoms with Gasteiger partial charge in [0.05, 0.1) is 5.71 Å². The zero-order valence-electron chi connectivity index (χ0n) is 10.8. The number of hydrazone groups is 1. The van der Waals surface area contributed by atoms with Gasteiger partial charge in [-0.25, -0.2) is 9.82 Å². The molecule has 0 spiro atoms. The molecule has 102 valence electrons. The first kappa shape index (κ1) is 13.7. The normalized spacial score (nSPS) is 11.2. The van der Waals surface area contributed by atoms with Gasteiger partial charge in [0.1, 0.15) is 11.6 Å². The van der Waals surface area contributed by atoms with Gasteiger partial charge in [-0.05, 0) is 48.9 Å². The van der Waals surface area contributed by atoms with Gasteiger partial charge in [-0.2, -0.15) is 5.10 Å². The topological polar surface area (TPSA) is 61.7 Å². The summed E-state index contributed by atoms with van der Waals surface area (Å²) in [6, 6.07) is 11.7. The summed E-state index contributed by atoms with van der Waals surface area (Å²) in [6.07, 6.45) is 0. The van der Waals surface area contributed by atoms with E-state index in [4.69, 9.17) is 5.11 Å². The highest BCUT2D eigenvalue weighted by Gasteiger charge is 2.04. The molecule has 0 aliphatic heterocycles. The van der Waals surface area contributed by atoms with Crippen LogP contribution in [0.3, 0.4) is 0 Å². The van der Waals surface area contributed by atoms with Gasteiger partial charge in [-0.3, -0.25) is 4.79 Å². The number of nitrogens with one attached hydrogen (secondary N) is 1. The predicted molar refractivity (Wildman–Crippen MR) is 74.2 cm³/mol. The van der Waals surface area contributed by atoms with Crippen LogP contribution in [0.4, 0.5) is 4.39 Å². The maximum absolute atomic E-state index is 12.8. The maximum atomic E-state index is 12.8. The van der Waals surface area contributed by atoms with Gasteiger partial charge in [0, 0.05) is 5.56 Å². The Kier molecular flexibility index (Phi) is 4.10. The van der Waals surface area contributed by atoms with Gasteiger partial charge in [0.2, 0.25) is 0 Å². The Morgan fingerprint density at radius 2 is 1.60 bits per heavy atom. The van der Waals surface area contributed by atoms with E-state index < -0.39 is 0 Å². The molecular weight excluding hydrogens is 259 g/mol. The van der Waals surface area contributed by atoms with Crippen molar-refractivity contribution in [2.45, 2.75) is 6.92 Å². The number of halogens is 1. The second-order valence-electron chi connectivity index (χ2n) is 4.19. The molecule has 0 saturated carbocycles. The number of carbonyl (C=O) groups excluding carboxylic acids is 1. The monoisotopic (exact) mass is 272 g/mol. The van der Waals surface area contributed by atoms with E-state index in [0.717, 1.165) is 5.56 Å². The van der Waals surface area contributed by atoms with Crippen LogP contribution in [0, 0.1) is 5.82 Å². The van der Waals surface area contributed by atoms with Gasteiger partial charge in [0.15, 0.2) is 0 Å². The van der Waals surface area contributed by atoms with Crippen LogP contribution >= 0.6 is 0 Å². The summed E-state index contributed by atoms with van der Waals surface area (Å²) in [7, 11) is 0. The molecule has 0 saturated heterocycles. The Balaban J connectivity index is 2.06. The van der Waals surface area contributed by atoms with E-state index in [1.165, 1.54) is 36.4 Å². The Hall–Kier alpha value is -2.69. The van der Waals surface area contributed by atoms with Crippen LogP contribution in [0.15, 0.2) is 53.6 Å². The quantitative estimate of drug-likeness (QED) is 0.666. The first-order valence-corrected chi connectivity index (χ1v) is 5.96. The Bertz CT molecular complexity index is 634. The van der Waals surface area contributed by atoms with Gasteiger partial charge < -0.3 is 5.11 Å². The summed E-state index contributed by atoms with van der Waals surface area (Å²) in [5.41, 5.74) is 4.08. The summed E-state index contributed by atoms with van der Waals surface area (Å²) in [5, 5.41) is 13.1. The number of phenolic OH excluding ortho intramolecular Hbond substituents is 1. The molecule has 0 fully saturated rings. The summed E-state index contributed by atoms with van der Waals surface area (Å²) >= 11 is 0. The van der Waals surface area contributed by atoms with E-state index in [9.17, 15) is 9.18 Å². The number of hydrogen-bond acceptors (Lipinski definition) is 3. The van der Waals surface area contributed by atoms with Gasteiger partial charge in [-0.1, -0.05) is 12.1 Å². The lowest BCUT2D eigenvalue weighted by Gasteiger charge is -2.03. The molecule has 20 heavy (non-hydrogen) atoms. The third-order valence-corrected chi connectivity index (χ3v) is 2.72. The lowest BCUT2D eigenvalue weighted by atomic mass is 10.1. The molecule has 0 aliphatic rings. The maximum Gasteiger partial charge on any atom is 0.271 e. The van der Waals surface area contributed by atoms with Crippen LogP contribution in [-0.2, 0) is 0 Å². The molecule has 2 aromatic rings. The van der Waals surface area contributed by atoms with Crippen LogP contribution in [0.25, 0.3) is 0 Å². The largest absolute Gasteiger partial charge is 0.508 e. The minimum Gasteiger partial charge on any atom is -0.508 e. The van der Waals surface area contributed by atoms with Crippen molar-refractivity contribution in [3.8, 4) is 5.75 Å². The molecule has 2 aromatic carbocycles. The number of benzene rings is 2. The van der Waals surface area contributed by atoms with Crippen LogP contribution < -0.4 is 5.43 Å². The number of phenols is 1. The zero-order chi connectivity index (χ0) is 14.5. The van der Waals surface area contributed by atoms with E-state index in [-0.39, 0.29) is 17.5 Å². The van der Waals surface area contributed by atoms with Crippen molar-refractivity contribution < 1.29 is 14.3 Å². The van der Waals surface area contributed by atoms with Crippen molar-refractivity contribution in [3.05, 3.63) is 65.5 Å².